The molecule has 0 atom stereocenters. The van der Waals surface area contributed by atoms with Crippen LogP contribution in [0.2, 0.25) is 0 Å². The first-order valence-electron chi connectivity index (χ1n) is 3.12. The van der Waals surface area contributed by atoms with Gasteiger partial charge in [-0.1, -0.05) is 0 Å². The molecule has 0 aromatic carbocycles. The number of hydrogen-bond donors (Lipinski definition) is 2. The predicted octanol–water partition coefficient (Wildman–Crippen LogP) is 1.76. The van der Waals surface area contributed by atoms with Gasteiger partial charge < -0.3 is 10.4 Å². The molecule has 11 heavy (non-hydrogen) atoms. The van der Waals surface area contributed by atoms with E-state index in [4.69, 9.17) is 5.41 Å². The third-order valence-corrected chi connectivity index (χ3v) is 1.07. The molecule has 1 rings (SSSR count). The van der Waals surface area contributed by atoms with Crippen molar-refractivity contribution < 1.29 is 4.39 Å². The largest absolute Gasteiger partial charge is 0.343 e. The summed E-state index contributed by atoms with van der Waals surface area (Å²) in [5, 5.41) is 6.97. The molecule has 0 amide bonds. The maximum absolute atomic E-state index is 12.8. The molecule has 0 fully saturated rings. The van der Waals surface area contributed by atoms with E-state index < -0.39 is 5.83 Å². The number of hydrogen-bond acceptors (Lipinski definition) is 2. The summed E-state index contributed by atoms with van der Waals surface area (Å²) in [6, 6.07) is 0. The van der Waals surface area contributed by atoms with Crippen molar-refractivity contribution in [2.24, 2.45) is 0 Å². The Kier molecular flexibility index (Phi) is 2.15. The Hall–Kier alpha value is -1.45. The smallest absolute Gasteiger partial charge is 0.167 e. The van der Waals surface area contributed by atoms with E-state index in [1.54, 1.807) is 0 Å². The number of nitrogens with zero attached hydrogens (tertiary/aromatic N) is 1. The molecular formula is C7H8FN3. The normalized spacial score (nSPS) is 11.6. The van der Waals surface area contributed by atoms with Crippen LogP contribution < -0.4 is 0 Å². The van der Waals surface area contributed by atoms with Crippen LogP contribution in [0.15, 0.2) is 18.5 Å². The Morgan fingerprint density at radius 1 is 1.82 bits per heavy atom. The first-order valence-corrected chi connectivity index (χ1v) is 3.12. The van der Waals surface area contributed by atoms with Crippen molar-refractivity contribution in [3.05, 3.63) is 24.3 Å². The fourth-order valence-electron chi connectivity index (χ4n) is 0.654. The van der Waals surface area contributed by atoms with Gasteiger partial charge in [-0.25, -0.2) is 9.37 Å². The highest BCUT2D eigenvalue weighted by molar-refractivity contribution is 5.95. The Labute approximate surface area is 63.5 Å². The molecule has 0 unspecified atom stereocenters. The lowest BCUT2D eigenvalue weighted by Gasteiger charge is -1.89. The second kappa shape index (κ2) is 3.09. The zero-order valence-electron chi connectivity index (χ0n) is 6.06. The number of rotatable bonds is 2. The summed E-state index contributed by atoms with van der Waals surface area (Å²) in [5.74, 6) is -0.348. The predicted molar refractivity (Wildman–Crippen MR) is 41.1 cm³/mol. The second-order valence-corrected chi connectivity index (χ2v) is 2.11. The topological polar surface area (TPSA) is 52.5 Å². The van der Waals surface area contributed by atoms with Crippen LogP contribution in [0.5, 0.6) is 0 Å². The zero-order valence-corrected chi connectivity index (χ0v) is 6.06. The Balaban J connectivity index is 2.86. The first-order chi connectivity index (χ1) is 5.20. The van der Waals surface area contributed by atoms with Crippen molar-refractivity contribution in [3.8, 4) is 0 Å². The molecule has 0 saturated carbocycles. The van der Waals surface area contributed by atoms with Crippen LogP contribution in [0.1, 0.15) is 12.7 Å². The van der Waals surface area contributed by atoms with Crippen LogP contribution >= 0.6 is 0 Å². The maximum Gasteiger partial charge on any atom is 0.167 e. The monoisotopic (exact) mass is 153 g/mol. The van der Waals surface area contributed by atoms with Gasteiger partial charge in [0.05, 0.1) is 0 Å². The van der Waals surface area contributed by atoms with Gasteiger partial charge in [0.25, 0.3) is 0 Å². The van der Waals surface area contributed by atoms with Crippen LogP contribution in [-0.2, 0) is 0 Å². The Morgan fingerprint density at radius 3 is 3.00 bits per heavy atom. The number of H-pyrrole nitrogens is 1. The minimum atomic E-state index is -0.512. The molecule has 0 aliphatic rings. The number of aromatic amines is 1. The highest BCUT2D eigenvalue weighted by Gasteiger charge is 2.00. The van der Waals surface area contributed by atoms with Crippen molar-refractivity contribution in [2.75, 3.05) is 0 Å². The molecule has 0 radical (unpaired) electrons. The van der Waals surface area contributed by atoms with E-state index in [0.717, 1.165) is 6.08 Å². The zero-order chi connectivity index (χ0) is 8.27. The van der Waals surface area contributed by atoms with Crippen molar-refractivity contribution in [1.29, 1.82) is 5.41 Å². The van der Waals surface area contributed by atoms with E-state index in [1.807, 2.05) is 0 Å². The summed E-state index contributed by atoms with van der Waals surface area (Å²) in [6.07, 6.45) is 4.10. The standard InChI is InChI=1S/C7H8FN3/c1-5(9)4-6(8)7-10-2-3-11-7/h2-4,9H,1H3,(H,10,11)/b6-4+,9-5?. The van der Waals surface area contributed by atoms with Crippen LogP contribution in [0.3, 0.4) is 0 Å². The highest BCUT2D eigenvalue weighted by Crippen LogP contribution is 2.09. The molecule has 4 heteroatoms. The van der Waals surface area contributed by atoms with Crippen molar-refractivity contribution in [1.82, 2.24) is 9.97 Å². The highest BCUT2D eigenvalue weighted by atomic mass is 19.1. The molecule has 0 aliphatic heterocycles. The average Bonchev–Trinajstić information content (AvgIpc) is 2.35. The summed E-state index contributed by atoms with van der Waals surface area (Å²) < 4.78 is 12.8. The van der Waals surface area contributed by atoms with Crippen molar-refractivity contribution in [3.63, 3.8) is 0 Å². The SMILES string of the molecule is CC(=N)/C=C(/F)c1ncc[nH]1. The molecule has 0 spiro atoms. The molecule has 58 valence electrons. The molecule has 0 aliphatic carbocycles. The summed E-state index contributed by atoms with van der Waals surface area (Å²) >= 11 is 0. The lowest BCUT2D eigenvalue weighted by atomic mass is 10.3. The molecule has 1 aromatic heterocycles. The fourth-order valence-corrected chi connectivity index (χ4v) is 0.654. The lowest BCUT2D eigenvalue weighted by molar-refractivity contribution is 0.747. The van der Waals surface area contributed by atoms with Gasteiger partial charge in [0, 0.05) is 18.1 Å². The minimum Gasteiger partial charge on any atom is -0.343 e. The first kappa shape index (κ1) is 7.65. The number of nitrogens with one attached hydrogen (secondary N) is 2. The van der Waals surface area contributed by atoms with E-state index in [2.05, 4.69) is 9.97 Å². The van der Waals surface area contributed by atoms with Crippen LogP contribution in [0.4, 0.5) is 4.39 Å². The van der Waals surface area contributed by atoms with Gasteiger partial charge in [-0.15, -0.1) is 0 Å². The number of aromatic nitrogens is 2. The third-order valence-electron chi connectivity index (χ3n) is 1.07. The molecule has 0 saturated heterocycles. The van der Waals surface area contributed by atoms with Gasteiger partial charge in [0.2, 0.25) is 0 Å². The van der Waals surface area contributed by atoms with Crippen LogP contribution in [0.25, 0.3) is 5.83 Å². The van der Waals surface area contributed by atoms with Gasteiger partial charge in [-0.2, -0.15) is 0 Å². The molecule has 0 bridgehead atoms. The van der Waals surface area contributed by atoms with Gasteiger partial charge in [0.1, 0.15) is 0 Å². The number of allylic oxidation sites excluding steroid dienone is 1. The maximum atomic E-state index is 12.8. The van der Waals surface area contributed by atoms with Gasteiger partial charge >= 0.3 is 0 Å². The van der Waals surface area contributed by atoms with Gasteiger partial charge in [-0.05, 0) is 13.0 Å². The molecule has 2 N–H and O–H groups in total. The van der Waals surface area contributed by atoms with Gasteiger partial charge in [0.15, 0.2) is 11.7 Å². The number of imidazole rings is 1. The van der Waals surface area contributed by atoms with E-state index >= 15 is 0 Å². The quantitative estimate of drug-likeness (QED) is 0.625. The fraction of sp³-hybridized carbons (Fsp3) is 0.143. The average molecular weight is 153 g/mol. The van der Waals surface area contributed by atoms with E-state index in [0.29, 0.717) is 0 Å². The van der Waals surface area contributed by atoms with Gasteiger partial charge in [-0.3, -0.25) is 0 Å². The Bertz CT molecular complexity index is 274. The third kappa shape index (κ3) is 2.00. The second-order valence-electron chi connectivity index (χ2n) is 2.11. The van der Waals surface area contributed by atoms with E-state index in [9.17, 15) is 4.39 Å². The molecular weight excluding hydrogens is 145 g/mol. The Morgan fingerprint density at radius 2 is 2.55 bits per heavy atom. The van der Waals surface area contributed by atoms with Crippen molar-refractivity contribution >= 4 is 11.5 Å². The van der Waals surface area contributed by atoms with Crippen molar-refractivity contribution in [2.45, 2.75) is 6.92 Å². The minimum absolute atomic E-state index is 0.164. The van der Waals surface area contributed by atoms with E-state index in [-0.39, 0.29) is 11.5 Å². The molecule has 3 nitrogen and oxygen atoms in total. The van der Waals surface area contributed by atoms with Crippen LogP contribution in [0, 0.1) is 5.41 Å². The molecule has 1 aromatic rings. The van der Waals surface area contributed by atoms with Crippen LogP contribution in [-0.4, -0.2) is 15.7 Å². The molecule has 1 heterocycles. The lowest BCUT2D eigenvalue weighted by Crippen LogP contribution is -1.85. The summed E-state index contributed by atoms with van der Waals surface area (Å²) in [7, 11) is 0. The summed E-state index contributed by atoms with van der Waals surface area (Å²) in [6.45, 7) is 1.50. The van der Waals surface area contributed by atoms with E-state index in [1.165, 1.54) is 19.3 Å². The summed E-state index contributed by atoms with van der Waals surface area (Å²) in [4.78, 5) is 6.26. The summed E-state index contributed by atoms with van der Waals surface area (Å²) in [5.41, 5.74) is 0.166. The number of halogens is 1.